The molecule has 0 unspecified atom stereocenters. The summed E-state index contributed by atoms with van der Waals surface area (Å²) < 4.78 is 0.938. The number of hydrazone groups is 1. The summed E-state index contributed by atoms with van der Waals surface area (Å²) in [6.07, 6.45) is 1.97. The van der Waals surface area contributed by atoms with E-state index in [1.54, 1.807) is 0 Å². The van der Waals surface area contributed by atoms with E-state index in [4.69, 9.17) is 0 Å². The van der Waals surface area contributed by atoms with E-state index in [0.717, 1.165) is 19.9 Å². The van der Waals surface area contributed by atoms with Crippen molar-refractivity contribution in [2.45, 2.75) is 18.9 Å². The highest BCUT2D eigenvalue weighted by Gasteiger charge is 2.51. The predicted octanol–water partition coefficient (Wildman–Crippen LogP) is 3.70. The number of urea groups is 1. The third-order valence-electron chi connectivity index (χ3n) is 3.76. The average Bonchev–Trinajstić information content (AvgIpc) is 3.08. The lowest BCUT2D eigenvalue weighted by molar-refractivity contribution is -0.131. The van der Waals surface area contributed by atoms with E-state index in [1.165, 1.54) is 17.6 Å². The fourth-order valence-corrected chi connectivity index (χ4v) is 3.84. The molecular weight excluding hydrogens is 378 g/mol. The number of halogens is 1. The minimum absolute atomic E-state index is 0.358. The van der Waals surface area contributed by atoms with Crippen molar-refractivity contribution >= 4 is 45.4 Å². The maximum absolute atomic E-state index is 12.8. The second-order valence-electron chi connectivity index (χ2n) is 5.08. The molecule has 23 heavy (non-hydrogen) atoms. The minimum Gasteiger partial charge on any atom is -0.318 e. The summed E-state index contributed by atoms with van der Waals surface area (Å²) in [5.41, 5.74) is -0.288. The lowest BCUT2D eigenvalue weighted by Gasteiger charge is -2.24. The minimum atomic E-state index is -1.05. The normalized spacial score (nSPS) is 21.2. The quantitative estimate of drug-likeness (QED) is 0.637. The number of hydrogen-bond donors (Lipinski definition) is 1. The van der Waals surface area contributed by atoms with Crippen molar-refractivity contribution in [1.29, 1.82) is 0 Å². The smallest absolute Gasteiger partial charge is 0.318 e. The lowest BCUT2D eigenvalue weighted by Crippen LogP contribution is -2.43. The van der Waals surface area contributed by atoms with Crippen molar-refractivity contribution in [3.05, 3.63) is 56.7 Å². The Hall–Kier alpha value is -1.99. The van der Waals surface area contributed by atoms with Crippen LogP contribution in [0.2, 0.25) is 0 Å². The first-order valence-electron chi connectivity index (χ1n) is 7.07. The summed E-state index contributed by atoms with van der Waals surface area (Å²) in [5.74, 6) is -0.358. The van der Waals surface area contributed by atoms with Gasteiger partial charge >= 0.3 is 6.03 Å². The van der Waals surface area contributed by atoms with Gasteiger partial charge in [-0.1, -0.05) is 37.3 Å². The Bertz CT molecular complexity index is 775. The second kappa shape index (κ2) is 6.25. The van der Waals surface area contributed by atoms with Crippen molar-refractivity contribution in [3.8, 4) is 0 Å². The molecule has 1 atom stereocenters. The Morgan fingerprint density at radius 3 is 2.70 bits per heavy atom. The molecule has 7 heteroatoms. The molecule has 118 valence electrons. The number of amides is 3. The molecule has 2 heterocycles. The zero-order chi connectivity index (χ0) is 16.4. The molecule has 0 aliphatic carbocycles. The van der Waals surface area contributed by atoms with Crippen LogP contribution in [0.3, 0.4) is 0 Å². The molecule has 5 nitrogen and oxygen atoms in total. The van der Waals surface area contributed by atoms with E-state index < -0.39 is 11.6 Å². The highest BCUT2D eigenvalue weighted by atomic mass is 79.9. The van der Waals surface area contributed by atoms with Gasteiger partial charge in [-0.05, 0) is 34.0 Å². The van der Waals surface area contributed by atoms with E-state index in [0.29, 0.717) is 6.42 Å². The van der Waals surface area contributed by atoms with Crippen molar-refractivity contribution in [2.24, 2.45) is 5.10 Å². The molecule has 1 N–H and O–H groups in total. The van der Waals surface area contributed by atoms with Crippen LogP contribution in [0.15, 0.2) is 51.4 Å². The van der Waals surface area contributed by atoms with E-state index in [1.807, 2.05) is 48.7 Å². The highest BCUT2D eigenvalue weighted by molar-refractivity contribution is 9.10. The molecule has 1 fully saturated rings. The molecule has 0 spiro atoms. The van der Waals surface area contributed by atoms with Crippen LogP contribution in [0.4, 0.5) is 4.79 Å². The molecule has 0 bridgehead atoms. The Balaban J connectivity index is 1.91. The average molecular weight is 392 g/mol. The number of benzene rings is 1. The van der Waals surface area contributed by atoms with Gasteiger partial charge in [-0.3, -0.25) is 4.79 Å². The fourth-order valence-electron chi connectivity index (χ4n) is 2.54. The van der Waals surface area contributed by atoms with Crippen molar-refractivity contribution in [3.63, 3.8) is 0 Å². The van der Waals surface area contributed by atoms with Crippen LogP contribution in [0, 0.1) is 0 Å². The van der Waals surface area contributed by atoms with Crippen LogP contribution in [0.1, 0.15) is 23.8 Å². The van der Waals surface area contributed by atoms with Gasteiger partial charge in [0.05, 0.1) is 6.21 Å². The van der Waals surface area contributed by atoms with Gasteiger partial charge < -0.3 is 5.32 Å². The van der Waals surface area contributed by atoms with Gasteiger partial charge in [0, 0.05) is 14.7 Å². The highest BCUT2D eigenvalue weighted by Crippen LogP contribution is 2.32. The summed E-state index contributed by atoms with van der Waals surface area (Å²) in [7, 11) is 0. The van der Waals surface area contributed by atoms with Gasteiger partial charge in [0.25, 0.3) is 5.91 Å². The molecule has 1 saturated heterocycles. The van der Waals surface area contributed by atoms with Gasteiger partial charge in [0.1, 0.15) is 5.54 Å². The summed E-state index contributed by atoms with van der Waals surface area (Å²) in [4.78, 5) is 25.9. The lowest BCUT2D eigenvalue weighted by atomic mass is 9.87. The van der Waals surface area contributed by atoms with E-state index in [2.05, 4.69) is 26.3 Å². The molecule has 2 aromatic rings. The van der Waals surface area contributed by atoms with Gasteiger partial charge in [-0.25, -0.2) is 4.79 Å². The number of nitrogens with zero attached hydrogens (tertiary/aromatic N) is 2. The van der Waals surface area contributed by atoms with E-state index in [-0.39, 0.29) is 5.91 Å². The van der Waals surface area contributed by atoms with Gasteiger partial charge in [0.2, 0.25) is 0 Å². The molecular formula is C16H14BrN3O2S. The summed E-state index contributed by atoms with van der Waals surface area (Å²) in [6, 6.07) is 10.6. The first-order valence-corrected chi connectivity index (χ1v) is 8.74. The molecule has 1 aliphatic heterocycles. The first kappa shape index (κ1) is 15.9. The standard InChI is InChI=1S/C16H14BrN3O2S/c1-2-16(11-6-4-3-5-7-11)14(21)20(15(22)19-16)18-9-13-8-12(17)10-23-13/h3-10H,2H2,1H3,(H,19,22)/b18-9-/t16-/m1/s1. The predicted molar refractivity (Wildman–Crippen MR) is 93.4 cm³/mol. The summed E-state index contributed by atoms with van der Waals surface area (Å²) >= 11 is 4.83. The number of hydrogen-bond acceptors (Lipinski definition) is 4. The molecule has 3 amide bonds. The molecule has 3 rings (SSSR count). The molecule has 1 aromatic heterocycles. The Kier molecular flexibility index (Phi) is 4.32. The topological polar surface area (TPSA) is 61.8 Å². The number of nitrogens with one attached hydrogen (secondary N) is 1. The van der Waals surface area contributed by atoms with Crippen molar-refractivity contribution < 1.29 is 9.59 Å². The Morgan fingerprint density at radius 2 is 2.09 bits per heavy atom. The van der Waals surface area contributed by atoms with Crippen molar-refractivity contribution in [2.75, 3.05) is 0 Å². The van der Waals surface area contributed by atoms with E-state index in [9.17, 15) is 9.59 Å². The van der Waals surface area contributed by atoms with Crippen LogP contribution in [0.5, 0.6) is 0 Å². The number of thiophene rings is 1. The van der Waals surface area contributed by atoms with E-state index >= 15 is 0 Å². The van der Waals surface area contributed by atoms with Crippen LogP contribution in [-0.4, -0.2) is 23.2 Å². The van der Waals surface area contributed by atoms with Crippen LogP contribution < -0.4 is 5.32 Å². The number of imide groups is 1. The monoisotopic (exact) mass is 391 g/mol. The SMILES string of the molecule is CC[C@]1(c2ccccc2)NC(=O)N(/N=C\c2cc(Br)cs2)C1=O. The second-order valence-corrected chi connectivity index (χ2v) is 6.94. The number of carbonyl (C=O) groups excluding carboxylic acids is 2. The molecule has 0 radical (unpaired) electrons. The maximum Gasteiger partial charge on any atom is 0.346 e. The van der Waals surface area contributed by atoms with Gasteiger partial charge in [-0.15, -0.1) is 16.3 Å². The summed E-state index contributed by atoms with van der Waals surface area (Å²) in [6.45, 7) is 1.87. The third-order valence-corrected chi connectivity index (χ3v) is 5.38. The molecule has 1 aliphatic rings. The zero-order valence-corrected chi connectivity index (χ0v) is 14.7. The first-order chi connectivity index (χ1) is 11.1. The van der Waals surface area contributed by atoms with Crippen LogP contribution in [0.25, 0.3) is 0 Å². The van der Waals surface area contributed by atoms with Gasteiger partial charge in [-0.2, -0.15) is 5.10 Å². The zero-order valence-electron chi connectivity index (χ0n) is 12.3. The fraction of sp³-hybridized carbons (Fsp3) is 0.188. The third kappa shape index (κ3) is 2.82. The summed E-state index contributed by atoms with van der Waals surface area (Å²) in [5, 5.41) is 9.68. The van der Waals surface area contributed by atoms with Gasteiger partial charge in [0.15, 0.2) is 0 Å². The Morgan fingerprint density at radius 1 is 1.35 bits per heavy atom. The number of carbonyl (C=O) groups is 2. The molecule has 0 saturated carbocycles. The van der Waals surface area contributed by atoms with Crippen LogP contribution >= 0.6 is 27.3 Å². The maximum atomic E-state index is 12.8. The Labute approximate surface area is 146 Å². The van der Waals surface area contributed by atoms with Crippen LogP contribution in [-0.2, 0) is 10.3 Å². The van der Waals surface area contributed by atoms with Crippen molar-refractivity contribution in [1.82, 2.24) is 10.3 Å². The largest absolute Gasteiger partial charge is 0.346 e. The molecule has 1 aromatic carbocycles. The number of rotatable bonds is 4.